The molecule has 3 atom stereocenters. The monoisotopic (exact) mass is 293 g/mol. The lowest BCUT2D eigenvalue weighted by molar-refractivity contribution is -0.124. The molecule has 0 aromatic heterocycles. The lowest BCUT2D eigenvalue weighted by Gasteiger charge is -2.30. The number of rotatable bonds is 2. The fraction of sp³-hybridized carbons (Fsp3) is 0.500. The van der Waals surface area contributed by atoms with Crippen molar-refractivity contribution in [1.29, 1.82) is 0 Å². The van der Waals surface area contributed by atoms with Crippen LogP contribution in [0.4, 0.5) is 5.69 Å². The van der Waals surface area contributed by atoms with Gasteiger partial charge in [-0.05, 0) is 43.7 Å². The Balaban J connectivity index is 1.79. The van der Waals surface area contributed by atoms with Crippen LogP contribution in [0.25, 0.3) is 0 Å². The van der Waals surface area contributed by atoms with Crippen LogP contribution in [0, 0.1) is 11.3 Å². The number of halogens is 1. The van der Waals surface area contributed by atoms with Crippen LogP contribution in [0.1, 0.15) is 25.7 Å². The van der Waals surface area contributed by atoms with Gasteiger partial charge in [-0.15, -0.1) is 0 Å². The quantitative estimate of drug-likeness (QED) is 0.830. The molecule has 2 aliphatic rings. The Bertz CT molecular complexity index is 433. The lowest BCUT2D eigenvalue weighted by Crippen LogP contribution is -2.39. The van der Waals surface area contributed by atoms with E-state index in [0.717, 1.165) is 30.9 Å². The van der Waals surface area contributed by atoms with E-state index in [-0.39, 0.29) is 11.3 Å². The number of alkyl halides is 1. The highest BCUT2D eigenvalue weighted by Gasteiger charge is 2.55. The Morgan fingerprint density at radius 2 is 2.12 bits per heavy atom. The molecule has 3 unspecified atom stereocenters. The molecule has 3 rings (SSSR count). The van der Waals surface area contributed by atoms with E-state index in [0.29, 0.717) is 4.83 Å². The minimum atomic E-state index is -0.152. The molecule has 1 N–H and O–H groups in total. The van der Waals surface area contributed by atoms with Gasteiger partial charge in [0.2, 0.25) is 5.91 Å². The van der Waals surface area contributed by atoms with Gasteiger partial charge in [-0.25, -0.2) is 0 Å². The molecule has 0 radical (unpaired) electrons. The maximum Gasteiger partial charge on any atom is 0.231 e. The first-order valence-electron chi connectivity index (χ1n) is 6.21. The third kappa shape index (κ3) is 1.81. The number of carbonyl (C=O) groups is 1. The van der Waals surface area contributed by atoms with Crippen molar-refractivity contribution in [3.8, 4) is 0 Å². The third-order valence-corrected chi connectivity index (χ3v) is 5.53. The number of para-hydroxylation sites is 1. The summed E-state index contributed by atoms with van der Waals surface area (Å²) in [6, 6.07) is 9.75. The molecule has 0 saturated heterocycles. The molecule has 2 fully saturated rings. The molecule has 90 valence electrons. The van der Waals surface area contributed by atoms with Crippen LogP contribution < -0.4 is 5.32 Å². The zero-order chi connectivity index (χ0) is 11.9. The van der Waals surface area contributed by atoms with Crippen LogP contribution in [-0.4, -0.2) is 10.7 Å². The van der Waals surface area contributed by atoms with Gasteiger partial charge in [-0.3, -0.25) is 4.79 Å². The highest BCUT2D eigenvalue weighted by Crippen LogP contribution is 2.57. The molecule has 1 amide bonds. The Morgan fingerprint density at radius 1 is 1.35 bits per heavy atom. The molecule has 2 saturated carbocycles. The Labute approximate surface area is 110 Å². The van der Waals surface area contributed by atoms with E-state index in [4.69, 9.17) is 0 Å². The number of hydrogen-bond donors (Lipinski definition) is 1. The number of nitrogens with one attached hydrogen (secondary N) is 1. The van der Waals surface area contributed by atoms with Crippen molar-refractivity contribution < 1.29 is 4.79 Å². The molecule has 2 bridgehead atoms. The normalized spacial score (nSPS) is 34.9. The van der Waals surface area contributed by atoms with Crippen LogP contribution in [0.5, 0.6) is 0 Å². The summed E-state index contributed by atoms with van der Waals surface area (Å²) in [7, 11) is 0. The molecule has 1 aromatic rings. The summed E-state index contributed by atoms with van der Waals surface area (Å²) in [4.78, 5) is 12.8. The van der Waals surface area contributed by atoms with Crippen LogP contribution in [0.3, 0.4) is 0 Å². The van der Waals surface area contributed by atoms with E-state index < -0.39 is 0 Å². The molecule has 0 heterocycles. The Hall–Kier alpha value is -0.830. The summed E-state index contributed by atoms with van der Waals surface area (Å²) in [5.74, 6) is 0.950. The van der Waals surface area contributed by atoms with Crippen LogP contribution in [0.2, 0.25) is 0 Å². The van der Waals surface area contributed by atoms with Crippen molar-refractivity contribution in [2.24, 2.45) is 11.3 Å². The first-order valence-corrected chi connectivity index (χ1v) is 7.13. The SMILES string of the molecule is O=C(Nc1ccccc1)C12CCC(CC1Br)C2. The molecule has 3 heteroatoms. The van der Waals surface area contributed by atoms with Crippen molar-refractivity contribution in [1.82, 2.24) is 0 Å². The van der Waals surface area contributed by atoms with E-state index >= 15 is 0 Å². The zero-order valence-electron chi connectivity index (χ0n) is 9.66. The standard InChI is InChI=1S/C14H16BrNO/c15-12-8-10-6-7-14(12,9-10)13(17)16-11-4-2-1-3-5-11/h1-5,10,12H,6-9H2,(H,16,17). The average molecular weight is 294 g/mol. The highest BCUT2D eigenvalue weighted by molar-refractivity contribution is 9.09. The van der Waals surface area contributed by atoms with Crippen LogP contribution >= 0.6 is 15.9 Å². The second-order valence-corrected chi connectivity index (χ2v) is 6.39. The van der Waals surface area contributed by atoms with E-state index in [9.17, 15) is 4.79 Å². The Kier molecular flexibility index (Phi) is 2.74. The fourth-order valence-corrected chi connectivity index (χ4v) is 4.46. The number of benzene rings is 1. The maximum absolute atomic E-state index is 12.5. The number of carbonyl (C=O) groups excluding carboxylic acids is 1. The van der Waals surface area contributed by atoms with E-state index in [1.54, 1.807) is 0 Å². The van der Waals surface area contributed by atoms with Crippen LogP contribution in [-0.2, 0) is 4.79 Å². The predicted molar refractivity (Wildman–Crippen MR) is 72.2 cm³/mol. The number of fused-ring (bicyclic) bond motifs is 2. The van der Waals surface area contributed by atoms with Crippen LogP contribution in [0.15, 0.2) is 30.3 Å². The zero-order valence-corrected chi connectivity index (χ0v) is 11.2. The second-order valence-electron chi connectivity index (χ2n) is 5.29. The topological polar surface area (TPSA) is 29.1 Å². The van der Waals surface area contributed by atoms with Crippen molar-refractivity contribution in [3.05, 3.63) is 30.3 Å². The summed E-state index contributed by atoms with van der Waals surface area (Å²) in [5, 5.41) is 3.06. The first-order chi connectivity index (χ1) is 8.21. The largest absolute Gasteiger partial charge is 0.326 e. The van der Waals surface area contributed by atoms with Crippen molar-refractivity contribution in [3.63, 3.8) is 0 Å². The van der Waals surface area contributed by atoms with E-state index in [1.807, 2.05) is 30.3 Å². The predicted octanol–water partition coefficient (Wildman–Crippen LogP) is 3.58. The van der Waals surface area contributed by atoms with Gasteiger partial charge in [0.15, 0.2) is 0 Å². The summed E-state index contributed by atoms with van der Waals surface area (Å²) in [5.41, 5.74) is 0.752. The van der Waals surface area contributed by atoms with Gasteiger partial charge in [-0.2, -0.15) is 0 Å². The third-order valence-electron chi connectivity index (χ3n) is 4.28. The average Bonchev–Trinajstić information content (AvgIpc) is 2.88. The van der Waals surface area contributed by atoms with Gasteiger partial charge in [0.05, 0.1) is 5.41 Å². The number of hydrogen-bond acceptors (Lipinski definition) is 1. The molecule has 17 heavy (non-hydrogen) atoms. The van der Waals surface area contributed by atoms with E-state index in [2.05, 4.69) is 21.2 Å². The first kappa shape index (κ1) is 11.3. The van der Waals surface area contributed by atoms with Gasteiger partial charge in [0.25, 0.3) is 0 Å². The maximum atomic E-state index is 12.5. The molecule has 0 aliphatic heterocycles. The van der Waals surface area contributed by atoms with E-state index in [1.165, 1.54) is 6.42 Å². The lowest BCUT2D eigenvalue weighted by atomic mass is 9.83. The summed E-state index contributed by atoms with van der Waals surface area (Å²) in [6.07, 6.45) is 4.46. The van der Waals surface area contributed by atoms with Gasteiger partial charge in [0.1, 0.15) is 0 Å². The summed E-state index contributed by atoms with van der Waals surface area (Å²) in [6.45, 7) is 0. The molecule has 0 spiro atoms. The summed E-state index contributed by atoms with van der Waals surface area (Å²) >= 11 is 3.71. The molecule has 2 aliphatic carbocycles. The van der Waals surface area contributed by atoms with Gasteiger partial charge in [0, 0.05) is 10.5 Å². The van der Waals surface area contributed by atoms with Gasteiger partial charge < -0.3 is 5.32 Å². The molecule has 2 nitrogen and oxygen atoms in total. The minimum Gasteiger partial charge on any atom is -0.326 e. The van der Waals surface area contributed by atoms with Gasteiger partial charge >= 0.3 is 0 Å². The number of amides is 1. The Morgan fingerprint density at radius 3 is 2.71 bits per heavy atom. The number of anilines is 1. The second kappa shape index (κ2) is 4.13. The molecular formula is C14H16BrNO. The minimum absolute atomic E-state index is 0.152. The highest BCUT2D eigenvalue weighted by atomic mass is 79.9. The van der Waals surface area contributed by atoms with Gasteiger partial charge in [-0.1, -0.05) is 34.1 Å². The smallest absolute Gasteiger partial charge is 0.231 e. The molecule has 1 aromatic carbocycles. The summed E-state index contributed by atoms with van der Waals surface area (Å²) < 4.78 is 0. The van der Waals surface area contributed by atoms with Crippen molar-refractivity contribution >= 4 is 27.5 Å². The van der Waals surface area contributed by atoms with Crippen molar-refractivity contribution in [2.75, 3.05) is 5.32 Å². The molecular weight excluding hydrogens is 278 g/mol. The van der Waals surface area contributed by atoms with Crippen molar-refractivity contribution in [2.45, 2.75) is 30.5 Å². The fourth-order valence-electron chi connectivity index (χ4n) is 3.31.